The van der Waals surface area contributed by atoms with Crippen LogP contribution < -0.4 is 26.6 Å². The molecule has 0 aromatic heterocycles. The van der Waals surface area contributed by atoms with Crippen LogP contribution in [0, 0.1) is 5.92 Å². The number of hydrogen-bond donors (Lipinski definition) is 5. The second-order valence-electron chi connectivity index (χ2n) is 16.5. The van der Waals surface area contributed by atoms with Crippen molar-refractivity contribution in [2.75, 3.05) is 53.9 Å². The molecule has 0 aromatic carbocycles. The Labute approximate surface area is 322 Å². The van der Waals surface area contributed by atoms with Crippen LogP contribution in [0.4, 0.5) is 0 Å². The molecular formula is C37H69N9O8. The maximum atomic E-state index is 14.0. The van der Waals surface area contributed by atoms with Gasteiger partial charge in [-0.3, -0.25) is 38.4 Å². The van der Waals surface area contributed by atoms with Gasteiger partial charge in [0.2, 0.25) is 47.8 Å². The van der Waals surface area contributed by atoms with Crippen molar-refractivity contribution in [1.82, 2.24) is 46.2 Å². The average Bonchev–Trinajstić information content (AvgIpc) is 3.03. The van der Waals surface area contributed by atoms with Crippen LogP contribution in [0.15, 0.2) is 0 Å². The lowest BCUT2D eigenvalue weighted by Gasteiger charge is -2.41. The molecule has 0 heterocycles. The van der Waals surface area contributed by atoms with Gasteiger partial charge in [-0.25, -0.2) is 0 Å². The van der Waals surface area contributed by atoms with Gasteiger partial charge in [-0.15, -0.1) is 0 Å². The van der Waals surface area contributed by atoms with Crippen molar-refractivity contribution >= 4 is 47.8 Å². The number of likely N-dealkylation sites (N-methyl/N-ethyl adjacent to an activating group) is 2. The minimum absolute atomic E-state index is 0.0480. The van der Waals surface area contributed by atoms with Gasteiger partial charge in [-0.1, -0.05) is 13.8 Å². The highest BCUT2D eigenvalue weighted by atomic mass is 16.2. The first kappa shape index (κ1) is 49.7. The van der Waals surface area contributed by atoms with E-state index in [0.29, 0.717) is 19.5 Å². The molecule has 54 heavy (non-hydrogen) atoms. The van der Waals surface area contributed by atoms with Gasteiger partial charge in [0.1, 0.15) is 22.7 Å². The van der Waals surface area contributed by atoms with Crippen molar-refractivity contribution in [2.24, 2.45) is 5.92 Å². The summed E-state index contributed by atoms with van der Waals surface area (Å²) in [4.78, 5) is 110. The molecule has 0 radical (unpaired) electrons. The van der Waals surface area contributed by atoms with Gasteiger partial charge in [0, 0.05) is 45.2 Å². The number of carbonyl (C=O) groups excluding carboxylic acids is 8. The molecule has 1 unspecified atom stereocenters. The molecule has 8 amide bonds. The predicted molar refractivity (Wildman–Crippen MR) is 207 cm³/mol. The highest BCUT2D eigenvalue weighted by molar-refractivity contribution is 5.98. The summed E-state index contributed by atoms with van der Waals surface area (Å²) >= 11 is 0. The highest BCUT2D eigenvalue weighted by Gasteiger charge is 2.42. The van der Waals surface area contributed by atoms with Crippen molar-refractivity contribution in [1.29, 1.82) is 0 Å². The first-order valence-electron chi connectivity index (χ1n) is 18.5. The molecule has 310 valence electrons. The van der Waals surface area contributed by atoms with Gasteiger partial charge < -0.3 is 46.2 Å². The Morgan fingerprint density at radius 1 is 0.648 bits per heavy atom. The van der Waals surface area contributed by atoms with Crippen molar-refractivity contribution < 1.29 is 38.4 Å². The first-order valence-corrected chi connectivity index (χ1v) is 18.5. The van der Waals surface area contributed by atoms with E-state index in [-0.39, 0.29) is 37.8 Å². The number of amides is 8. The zero-order valence-electron chi connectivity index (χ0n) is 35.4. The molecule has 17 heteroatoms. The fourth-order valence-electron chi connectivity index (χ4n) is 5.76. The fraction of sp³-hybridized carbons (Fsp3) is 0.784. The highest BCUT2D eigenvalue weighted by Crippen LogP contribution is 2.20. The second-order valence-corrected chi connectivity index (χ2v) is 16.5. The summed E-state index contributed by atoms with van der Waals surface area (Å²) < 4.78 is 0. The van der Waals surface area contributed by atoms with Gasteiger partial charge in [0.15, 0.2) is 0 Å². The molecule has 0 bridgehead atoms. The zero-order valence-corrected chi connectivity index (χ0v) is 35.4. The Bertz CT molecular complexity index is 1330. The lowest BCUT2D eigenvalue weighted by molar-refractivity contribution is -0.149. The number of rotatable bonds is 23. The molecule has 0 rings (SSSR count). The number of carbonyl (C=O) groups is 8. The molecule has 5 N–H and O–H groups in total. The van der Waals surface area contributed by atoms with Crippen molar-refractivity contribution in [3.8, 4) is 0 Å². The smallest absolute Gasteiger partial charge is 0.246 e. The van der Waals surface area contributed by atoms with Crippen LogP contribution in [0.5, 0.6) is 0 Å². The normalized spacial score (nSPS) is 12.6. The number of nitrogens with zero attached hydrogens (tertiary/aromatic N) is 4. The largest absolute Gasteiger partial charge is 0.354 e. The lowest BCUT2D eigenvalue weighted by Crippen LogP contribution is -2.65. The minimum atomic E-state index is -1.52. The zero-order chi connectivity index (χ0) is 42.4. The standard InChI is InChI=1S/C37H69N9O8/c1-24(2)20-27(45(25(3)4)29(49)22-40-34(54)37(11,12)46(26(5)6)30(50)21-38-23-47)31(51)41-36(9,10)33(53)42-35(7,8)32(52)39-17-16-28(48)44(15)19-18-43(13)14/h23-27H,16-22H2,1-15H3,(H,38,47)(H,39,52)(H,40,54)(H,41,51)(H,42,53). The van der Waals surface area contributed by atoms with Gasteiger partial charge in [0.05, 0.1) is 13.1 Å². The molecule has 0 fully saturated rings. The van der Waals surface area contributed by atoms with E-state index in [1.54, 1.807) is 39.6 Å². The van der Waals surface area contributed by atoms with Crippen LogP contribution in [-0.2, 0) is 38.4 Å². The second kappa shape index (κ2) is 21.6. The predicted octanol–water partition coefficient (Wildman–Crippen LogP) is -0.168. The van der Waals surface area contributed by atoms with Crippen LogP contribution >= 0.6 is 0 Å². The maximum Gasteiger partial charge on any atom is 0.246 e. The van der Waals surface area contributed by atoms with Gasteiger partial charge in [-0.2, -0.15) is 0 Å². The summed E-state index contributed by atoms with van der Waals surface area (Å²) in [5, 5.41) is 13.1. The summed E-state index contributed by atoms with van der Waals surface area (Å²) in [5.74, 6) is -3.59. The van der Waals surface area contributed by atoms with E-state index in [1.807, 2.05) is 32.8 Å². The Hall–Kier alpha value is -4.28. The Morgan fingerprint density at radius 2 is 1.20 bits per heavy atom. The molecular weight excluding hydrogens is 698 g/mol. The summed E-state index contributed by atoms with van der Waals surface area (Å²) in [5.41, 5.74) is -4.32. The van der Waals surface area contributed by atoms with Crippen LogP contribution in [0.2, 0.25) is 0 Å². The monoisotopic (exact) mass is 768 g/mol. The lowest BCUT2D eigenvalue weighted by atomic mass is 9.96. The Kier molecular flexibility index (Phi) is 19.9. The molecule has 1 atom stereocenters. The van der Waals surface area contributed by atoms with Gasteiger partial charge in [0.25, 0.3) is 0 Å². The number of hydrogen-bond acceptors (Lipinski definition) is 9. The Balaban J connectivity index is 5.85. The molecule has 0 saturated heterocycles. The van der Waals surface area contributed by atoms with E-state index < -0.39 is 76.7 Å². The van der Waals surface area contributed by atoms with Crippen LogP contribution in [0.3, 0.4) is 0 Å². The third kappa shape index (κ3) is 15.6. The van der Waals surface area contributed by atoms with E-state index >= 15 is 0 Å². The molecule has 0 aromatic rings. The van der Waals surface area contributed by atoms with Crippen molar-refractivity contribution in [3.05, 3.63) is 0 Å². The van der Waals surface area contributed by atoms with E-state index in [9.17, 15) is 38.4 Å². The van der Waals surface area contributed by atoms with E-state index in [0.717, 1.165) is 0 Å². The van der Waals surface area contributed by atoms with E-state index in [2.05, 4.69) is 26.6 Å². The molecule has 0 saturated carbocycles. The molecule has 0 aliphatic heterocycles. The maximum absolute atomic E-state index is 14.0. The quantitative estimate of drug-likeness (QED) is 0.0874. The topological polar surface area (TPSA) is 210 Å². The van der Waals surface area contributed by atoms with Crippen LogP contribution in [-0.4, -0.2) is 156 Å². The third-order valence-corrected chi connectivity index (χ3v) is 8.79. The first-order chi connectivity index (χ1) is 24.6. The average molecular weight is 768 g/mol. The number of nitrogens with one attached hydrogen (secondary N) is 5. The summed E-state index contributed by atoms with van der Waals surface area (Å²) in [6.07, 6.45) is 0.714. The third-order valence-electron chi connectivity index (χ3n) is 8.79. The van der Waals surface area contributed by atoms with Gasteiger partial charge >= 0.3 is 0 Å². The minimum Gasteiger partial charge on any atom is -0.354 e. The molecule has 0 aliphatic carbocycles. The molecule has 0 spiro atoms. The van der Waals surface area contributed by atoms with E-state index in [1.165, 1.54) is 51.3 Å². The van der Waals surface area contributed by atoms with Gasteiger partial charge in [-0.05, 0) is 95.7 Å². The van der Waals surface area contributed by atoms with Crippen LogP contribution in [0.25, 0.3) is 0 Å². The summed E-state index contributed by atoms with van der Waals surface area (Å²) in [6.45, 7) is 20.3. The summed E-state index contributed by atoms with van der Waals surface area (Å²) in [6, 6.07) is -1.92. The van der Waals surface area contributed by atoms with Crippen molar-refractivity contribution in [2.45, 2.75) is 131 Å². The SMILES string of the molecule is CC(C)CC(C(=O)NC(C)(C)C(=O)NC(C)(C)C(=O)NCCC(=O)N(C)CCN(C)C)N(C(=O)CNC(=O)C(C)(C)N(C(=O)CNC=O)C(C)C)C(C)C. The fourth-order valence-corrected chi connectivity index (χ4v) is 5.76. The van der Waals surface area contributed by atoms with E-state index in [4.69, 9.17) is 0 Å². The Morgan fingerprint density at radius 3 is 1.69 bits per heavy atom. The molecule has 17 nitrogen and oxygen atoms in total. The van der Waals surface area contributed by atoms with Crippen LogP contribution in [0.1, 0.15) is 95.9 Å². The molecule has 0 aliphatic rings. The summed E-state index contributed by atoms with van der Waals surface area (Å²) in [7, 11) is 5.51. The van der Waals surface area contributed by atoms with Crippen molar-refractivity contribution in [3.63, 3.8) is 0 Å².